The number of hydrogen-bond acceptors (Lipinski definition) is 3. The fraction of sp³-hybridized carbons (Fsp3) is 0.455. The highest BCUT2D eigenvalue weighted by atomic mass is 35.5. The van der Waals surface area contributed by atoms with Crippen molar-refractivity contribution in [1.29, 1.82) is 0 Å². The summed E-state index contributed by atoms with van der Waals surface area (Å²) in [6.07, 6.45) is 0.488. The highest BCUT2D eigenvalue weighted by Crippen LogP contribution is 2.21. The van der Waals surface area contributed by atoms with E-state index in [1.807, 2.05) is 32.9 Å². The van der Waals surface area contributed by atoms with E-state index in [0.29, 0.717) is 12.3 Å². The third-order valence-corrected chi connectivity index (χ3v) is 3.21. The lowest BCUT2D eigenvalue weighted by Crippen LogP contribution is -2.20. The number of rotatable bonds is 4. The number of halogens is 1. The van der Waals surface area contributed by atoms with E-state index in [1.165, 1.54) is 11.3 Å². The van der Waals surface area contributed by atoms with Crippen LogP contribution in [0.1, 0.15) is 32.1 Å². The van der Waals surface area contributed by atoms with Crippen LogP contribution >= 0.6 is 22.9 Å². The highest BCUT2D eigenvalue weighted by Gasteiger charge is 2.05. The highest BCUT2D eigenvalue weighted by molar-refractivity contribution is 7.18. The van der Waals surface area contributed by atoms with Crippen molar-refractivity contribution in [3.63, 3.8) is 0 Å². The van der Waals surface area contributed by atoms with Gasteiger partial charge in [0.05, 0.1) is 14.9 Å². The molecule has 5 heteroatoms. The van der Waals surface area contributed by atoms with E-state index in [9.17, 15) is 4.79 Å². The Balaban J connectivity index is 2.54. The Morgan fingerprint density at radius 3 is 2.75 bits per heavy atom. The molecule has 1 aromatic rings. The van der Waals surface area contributed by atoms with Crippen LogP contribution in [0.2, 0.25) is 4.34 Å². The van der Waals surface area contributed by atoms with Gasteiger partial charge < -0.3 is 0 Å². The molecule has 0 aliphatic rings. The second kappa shape index (κ2) is 6.01. The molecule has 0 atom stereocenters. The Morgan fingerprint density at radius 1 is 1.56 bits per heavy atom. The Hall–Kier alpha value is -0.870. The summed E-state index contributed by atoms with van der Waals surface area (Å²) in [4.78, 5) is 12.3. The molecule has 88 valence electrons. The molecule has 16 heavy (non-hydrogen) atoms. The van der Waals surface area contributed by atoms with Crippen molar-refractivity contribution >= 4 is 34.6 Å². The predicted molar refractivity (Wildman–Crippen MR) is 69.1 cm³/mol. The van der Waals surface area contributed by atoms with Crippen LogP contribution in [0.15, 0.2) is 17.2 Å². The van der Waals surface area contributed by atoms with Crippen LogP contribution in [0, 0.1) is 5.92 Å². The summed E-state index contributed by atoms with van der Waals surface area (Å²) in [6, 6.07) is 3.71. The molecule has 0 radical (unpaired) electrons. The number of thiophene rings is 1. The van der Waals surface area contributed by atoms with Gasteiger partial charge in [0, 0.05) is 6.42 Å². The lowest BCUT2D eigenvalue weighted by atomic mass is 10.1. The molecule has 1 rings (SSSR count). The minimum atomic E-state index is -0.0583. The Labute approximate surface area is 105 Å². The zero-order valence-corrected chi connectivity index (χ0v) is 11.2. The number of hydrogen-bond donors (Lipinski definition) is 1. The van der Waals surface area contributed by atoms with Gasteiger partial charge in [0.15, 0.2) is 0 Å². The van der Waals surface area contributed by atoms with E-state index in [2.05, 4.69) is 10.5 Å². The maximum absolute atomic E-state index is 11.4. The van der Waals surface area contributed by atoms with Crippen molar-refractivity contribution in [3.05, 3.63) is 21.3 Å². The third-order valence-electron chi connectivity index (χ3n) is 1.87. The van der Waals surface area contributed by atoms with E-state index >= 15 is 0 Å². The molecule has 0 saturated heterocycles. The SMILES string of the molecule is C/C(=N\NC(=O)CC(C)C)c1ccc(Cl)s1. The van der Waals surface area contributed by atoms with E-state index in [-0.39, 0.29) is 5.91 Å². The fourth-order valence-corrected chi connectivity index (χ4v) is 2.11. The average Bonchev–Trinajstić information content (AvgIpc) is 2.60. The lowest BCUT2D eigenvalue weighted by molar-refractivity contribution is -0.121. The van der Waals surface area contributed by atoms with Crippen molar-refractivity contribution in [2.45, 2.75) is 27.2 Å². The number of nitrogens with zero attached hydrogens (tertiary/aromatic N) is 1. The van der Waals surface area contributed by atoms with Crippen LogP contribution in [-0.4, -0.2) is 11.6 Å². The normalized spacial score (nSPS) is 11.9. The molecule has 0 aliphatic carbocycles. The number of carbonyl (C=O) groups is 1. The molecule has 0 fully saturated rings. The molecular formula is C11H15ClN2OS. The van der Waals surface area contributed by atoms with Gasteiger partial charge in [-0.1, -0.05) is 25.4 Å². The van der Waals surface area contributed by atoms with Crippen LogP contribution < -0.4 is 5.43 Å². The van der Waals surface area contributed by atoms with Gasteiger partial charge in [-0.05, 0) is 25.0 Å². The van der Waals surface area contributed by atoms with Crippen molar-refractivity contribution in [1.82, 2.24) is 5.43 Å². The molecule has 0 bridgehead atoms. The first-order valence-corrected chi connectivity index (χ1v) is 6.27. The zero-order chi connectivity index (χ0) is 12.1. The number of carbonyl (C=O) groups excluding carboxylic acids is 1. The van der Waals surface area contributed by atoms with Crippen LogP contribution in [0.3, 0.4) is 0 Å². The van der Waals surface area contributed by atoms with Crippen molar-refractivity contribution in [2.75, 3.05) is 0 Å². The summed E-state index contributed by atoms with van der Waals surface area (Å²) >= 11 is 7.26. The first kappa shape index (κ1) is 13.2. The van der Waals surface area contributed by atoms with Gasteiger partial charge in [0.25, 0.3) is 0 Å². The molecule has 3 nitrogen and oxygen atoms in total. The average molecular weight is 259 g/mol. The lowest BCUT2D eigenvalue weighted by Gasteiger charge is -2.03. The number of hydrazone groups is 1. The number of nitrogens with one attached hydrogen (secondary N) is 1. The Kier molecular flexibility index (Phi) is 4.96. The van der Waals surface area contributed by atoms with E-state index in [1.54, 1.807) is 0 Å². The van der Waals surface area contributed by atoms with Gasteiger partial charge in [-0.3, -0.25) is 4.79 Å². The quantitative estimate of drug-likeness (QED) is 0.654. The molecular weight excluding hydrogens is 244 g/mol. The van der Waals surface area contributed by atoms with E-state index < -0.39 is 0 Å². The zero-order valence-electron chi connectivity index (χ0n) is 9.58. The fourth-order valence-electron chi connectivity index (χ4n) is 1.13. The molecule has 0 unspecified atom stereocenters. The summed E-state index contributed by atoms with van der Waals surface area (Å²) in [5.74, 6) is 0.281. The molecule has 1 N–H and O–H groups in total. The monoisotopic (exact) mass is 258 g/mol. The van der Waals surface area contributed by atoms with Gasteiger partial charge in [0.1, 0.15) is 0 Å². The Bertz CT molecular complexity index is 398. The Morgan fingerprint density at radius 2 is 2.25 bits per heavy atom. The molecule has 0 aliphatic heterocycles. The number of amides is 1. The molecule has 1 aromatic heterocycles. The van der Waals surface area contributed by atoms with E-state index in [0.717, 1.165) is 14.9 Å². The minimum Gasteiger partial charge on any atom is -0.273 e. The molecule has 1 heterocycles. The first-order valence-electron chi connectivity index (χ1n) is 5.08. The molecule has 0 aromatic carbocycles. The smallest absolute Gasteiger partial charge is 0.240 e. The summed E-state index contributed by atoms with van der Waals surface area (Å²) in [7, 11) is 0. The standard InChI is InChI=1S/C11H15ClN2OS/c1-7(2)6-11(15)14-13-8(3)9-4-5-10(12)16-9/h4-5,7H,6H2,1-3H3,(H,14,15)/b13-8+. The van der Waals surface area contributed by atoms with Crippen molar-refractivity contribution in [2.24, 2.45) is 11.0 Å². The van der Waals surface area contributed by atoms with Crippen LogP contribution in [0.5, 0.6) is 0 Å². The summed E-state index contributed by atoms with van der Waals surface area (Å²) in [5, 5.41) is 4.03. The van der Waals surface area contributed by atoms with Gasteiger partial charge in [-0.15, -0.1) is 11.3 Å². The van der Waals surface area contributed by atoms with Crippen molar-refractivity contribution < 1.29 is 4.79 Å². The van der Waals surface area contributed by atoms with Gasteiger partial charge >= 0.3 is 0 Å². The maximum atomic E-state index is 11.4. The second-order valence-electron chi connectivity index (χ2n) is 3.93. The largest absolute Gasteiger partial charge is 0.273 e. The van der Waals surface area contributed by atoms with Gasteiger partial charge in [0.2, 0.25) is 5.91 Å². The van der Waals surface area contributed by atoms with E-state index in [4.69, 9.17) is 11.6 Å². The molecule has 0 saturated carbocycles. The van der Waals surface area contributed by atoms with Gasteiger partial charge in [-0.2, -0.15) is 5.10 Å². The van der Waals surface area contributed by atoms with Crippen molar-refractivity contribution in [3.8, 4) is 0 Å². The summed E-state index contributed by atoms with van der Waals surface area (Å²) in [6.45, 7) is 5.84. The molecule has 0 spiro atoms. The van der Waals surface area contributed by atoms with Crippen LogP contribution in [0.4, 0.5) is 0 Å². The third kappa shape index (κ3) is 4.33. The van der Waals surface area contributed by atoms with Crippen LogP contribution in [-0.2, 0) is 4.79 Å². The van der Waals surface area contributed by atoms with Crippen LogP contribution in [0.25, 0.3) is 0 Å². The maximum Gasteiger partial charge on any atom is 0.240 e. The first-order chi connectivity index (χ1) is 7.49. The summed E-state index contributed by atoms with van der Waals surface area (Å²) in [5.41, 5.74) is 3.31. The minimum absolute atomic E-state index is 0.0583. The summed E-state index contributed by atoms with van der Waals surface area (Å²) < 4.78 is 0.720. The van der Waals surface area contributed by atoms with Gasteiger partial charge in [-0.25, -0.2) is 5.43 Å². The predicted octanol–water partition coefficient (Wildman–Crippen LogP) is 3.29. The molecule has 1 amide bonds. The topological polar surface area (TPSA) is 41.5 Å². The second-order valence-corrected chi connectivity index (χ2v) is 5.65.